The molecule has 168 valence electrons. The number of alkyl halides is 6. The zero-order chi connectivity index (χ0) is 23.8. The minimum atomic E-state index is -4.74. The van der Waals surface area contributed by atoms with Crippen molar-refractivity contribution in [3.05, 3.63) is 90.3 Å². The number of hydrogen-bond acceptors (Lipinski definition) is 3. The van der Waals surface area contributed by atoms with Crippen LogP contribution in [0.2, 0.25) is 0 Å². The first-order valence-electron chi connectivity index (χ1n) is 9.60. The van der Waals surface area contributed by atoms with Gasteiger partial charge < -0.3 is 5.73 Å². The van der Waals surface area contributed by atoms with Crippen molar-refractivity contribution >= 4 is 5.82 Å². The number of nitrogen functional groups attached to an aromatic ring is 1. The van der Waals surface area contributed by atoms with Crippen molar-refractivity contribution in [3.8, 4) is 33.5 Å². The maximum absolute atomic E-state index is 13.6. The van der Waals surface area contributed by atoms with Crippen LogP contribution in [0.15, 0.2) is 79.0 Å². The van der Waals surface area contributed by atoms with Gasteiger partial charge in [-0.3, -0.25) is 0 Å². The van der Waals surface area contributed by atoms with E-state index in [-0.39, 0.29) is 16.8 Å². The maximum atomic E-state index is 13.6. The van der Waals surface area contributed by atoms with Crippen LogP contribution < -0.4 is 5.73 Å². The number of aromatic nitrogens is 2. The molecule has 0 atom stereocenters. The number of nitrogens with zero attached hydrogens (tertiary/aromatic N) is 2. The van der Waals surface area contributed by atoms with E-state index in [4.69, 9.17) is 5.73 Å². The Kier molecular flexibility index (Phi) is 5.57. The molecular formula is C24H15F6N3. The zero-order valence-corrected chi connectivity index (χ0v) is 16.7. The second-order valence-electron chi connectivity index (χ2n) is 7.25. The summed E-state index contributed by atoms with van der Waals surface area (Å²) in [4.78, 5) is 7.78. The Balaban J connectivity index is 1.81. The first kappa shape index (κ1) is 22.3. The maximum Gasteiger partial charge on any atom is 0.433 e. The fraction of sp³-hybridized carbons (Fsp3) is 0.0833. The number of nitrogens with two attached hydrogens (primary N) is 1. The lowest BCUT2D eigenvalue weighted by Gasteiger charge is -2.13. The van der Waals surface area contributed by atoms with Crippen LogP contribution in [0.4, 0.5) is 32.2 Å². The number of hydrogen-bond donors (Lipinski definition) is 1. The van der Waals surface area contributed by atoms with Crippen LogP contribution in [0.1, 0.15) is 11.3 Å². The fourth-order valence-corrected chi connectivity index (χ4v) is 3.28. The van der Waals surface area contributed by atoms with Crippen molar-refractivity contribution in [1.29, 1.82) is 0 Å². The Hall–Kier alpha value is -3.88. The van der Waals surface area contributed by atoms with E-state index in [1.807, 2.05) is 0 Å². The summed E-state index contributed by atoms with van der Waals surface area (Å²) in [5.74, 6) is 0.329. The van der Waals surface area contributed by atoms with Crippen molar-refractivity contribution in [1.82, 2.24) is 9.97 Å². The van der Waals surface area contributed by atoms with E-state index < -0.39 is 23.6 Å². The van der Waals surface area contributed by atoms with E-state index in [0.29, 0.717) is 22.5 Å². The molecule has 3 nitrogen and oxygen atoms in total. The van der Waals surface area contributed by atoms with Crippen LogP contribution in [0.3, 0.4) is 0 Å². The number of rotatable bonds is 3. The van der Waals surface area contributed by atoms with Gasteiger partial charge in [-0.25, -0.2) is 9.97 Å². The average molecular weight is 459 g/mol. The summed E-state index contributed by atoms with van der Waals surface area (Å²) in [6.07, 6.45) is -7.74. The number of anilines is 1. The molecule has 4 aromatic rings. The lowest BCUT2D eigenvalue weighted by atomic mass is 9.99. The van der Waals surface area contributed by atoms with E-state index in [0.717, 1.165) is 30.3 Å². The Morgan fingerprint density at radius 1 is 0.606 bits per heavy atom. The highest BCUT2D eigenvalue weighted by Crippen LogP contribution is 2.36. The van der Waals surface area contributed by atoms with Crippen LogP contribution in [-0.2, 0) is 12.4 Å². The SMILES string of the molecule is Nc1ccc(-c2cccc(-c3cc(-c4ccc(C(F)(F)F)cc4)cc(C(F)(F)F)n3)c2)cn1. The van der Waals surface area contributed by atoms with Gasteiger partial charge in [-0.2, -0.15) is 26.3 Å². The third-order valence-corrected chi connectivity index (χ3v) is 4.94. The Morgan fingerprint density at radius 3 is 1.88 bits per heavy atom. The van der Waals surface area contributed by atoms with Gasteiger partial charge in [-0.05, 0) is 59.2 Å². The van der Waals surface area contributed by atoms with E-state index in [1.54, 1.807) is 42.6 Å². The molecule has 2 aromatic heterocycles. The van der Waals surface area contributed by atoms with Gasteiger partial charge >= 0.3 is 12.4 Å². The monoisotopic (exact) mass is 459 g/mol. The molecule has 0 unspecified atom stereocenters. The average Bonchev–Trinajstić information content (AvgIpc) is 2.78. The second-order valence-corrected chi connectivity index (χ2v) is 7.25. The van der Waals surface area contributed by atoms with E-state index in [2.05, 4.69) is 9.97 Å². The van der Waals surface area contributed by atoms with E-state index in [9.17, 15) is 26.3 Å². The molecule has 0 amide bonds. The smallest absolute Gasteiger partial charge is 0.384 e. The number of benzene rings is 2. The molecular weight excluding hydrogens is 444 g/mol. The third kappa shape index (κ3) is 4.97. The van der Waals surface area contributed by atoms with Gasteiger partial charge in [-0.1, -0.05) is 30.3 Å². The standard InChI is InChI=1S/C24H15F6N3/c25-23(26,27)19-7-4-14(5-8-19)18-11-20(33-21(12-18)24(28,29)30)16-3-1-2-15(10-16)17-6-9-22(31)32-13-17/h1-13H,(H2,31,32). The van der Waals surface area contributed by atoms with E-state index in [1.165, 1.54) is 6.07 Å². The summed E-state index contributed by atoms with van der Waals surface area (Å²) >= 11 is 0. The first-order valence-corrected chi connectivity index (χ1v) is 9.60. The summed E-state index contributed by atoms with van der Waals surface area (Å²) in [7, 11) is 0. The zero-order valence-electron chi connectivity index (χ0n) is 16.7. The predicted octanol–water partition coefficient (Wildman–Crippen LogP) is 7.10. The molecule has 0 aliphatic rings. The lowest BCUT2D eigenvalue weighted by molar-refractivity contribution is -0.141. The summed E-state index contributed by atoms with van der Waals surface area (Å²) in [5, 5.41) is 0. The molecule has 2 N–H and O–H groups in total. The minimum Gasteiger partial charge on any atom is -0.384 e. The van der Waals surface area contributed by atoms with Crippen molar-refractivity contribution in [2.45, 2.75) is 12.4 Å². The number of pyridine rings is 2. The van der Waals surface area contributed by atoms with Gasteiger partial charge in [0.15, 0.2) is 0 Å². The molecule has 0 saturated heterocycles. The normalized spacial score (nSPS) is 12.1. The van der Waals surface area contributed by atoms with Gasteiger partial charge in [0.1, 0.15) is 11.5 Å². The molecule has 0 aliphatic heterocycles. The minimum absolute atomic E-state index is 0.0324. The van der Waals surface area contributed by atoms with E-state index >= 15 is 0 Å². The molecule has 4 rings (SSSR count). The summed E-state index contributed by atoms with van der Waals surface area (Å²) < 4.78 is 79.2. The molecule has 2 aromatic carbocycles. The van der Waals surface area contributed by atoms with Crippen LogP contribution in [0, 0.1) is 0 Å². The van der Waals surface area contributed by atoms with Gasteiger partial charge in [0, 0.05) is 17.3 Å². The summed E-state index contributed by atoms with van der Waals surface area (Å²) in [5.41, 5.74) is 5.71. The highest BCUT2D eigenvalue weighted by molar-refractivity contribution is 5.75. The molecule has 0 fully saturated rings. The van der Waals surface area contributed by atoms with Gasteiger partial charge in [0.2, 0.25) is 0 Å². The molecule has 33 heavy (non-hydrogen) atoms. The summed E-state index contributed by atoms with van der Waals surface area (Å²) in [6.45, 7) is 0. The third-order valence-electron chi connectivity index (χ3n) is 4.94. The van der Waals surface area contributed by atoms with Crippen molar-refractivity contribution in [3.63, 3.8) is 0 Å². The highest BCUT2D eigenvalue weighted by atomic mass is 19.4. The van der Waals surface area contributed by atoms with Gasteiger partial charge in [0.25, 0.3) is 0 Å². The molecule has 9 heteroatoms. The fourth-order valence-electron chi connectivity index (χ4n) is 3.28. The predicted molar refractivity (Wildman–Crippen MR) is 113 cm³/mol. The van der Waals surface area contributed by atoms with Crippen LogP contribution in [0.25, 0.3) is 33.5 Å². The molecule has 0 bridgehead atoms. The number of halogens is 6. The molecule has 0 spiro atoms. The highest BCUT2D eigenvalue weighted by Gasteiger charge is 2.34. The first-order chi connectivity index (χ1) is 15.5. The van der Waals surface area contributed by atoms with Crippen LogP contribution >= 0.6 is 0 Å². The Morgan fingerprint density at radius 2 is 1.27 bits per heavy atom. The molecule has 0 saturated carbocycles. The molecule has 0 radical (unpaired) electrons. The van der Waals surface area contributed by atoms with Crippen molar-refractivity contribution < 1.29 is 26.3 Å². The van der Waals surface area contributed by atoms with Crippen molar-refractivity contribution in [2.75, 3.05) is 5.73 Å². The van der Waals surface area contributed by atoms with Gasteiger partial charge in [0.05, 0.1) is 11.3 Å². The van der Waals surface area contributed by atoms with Gasteiger partial charge in [-0.15, -0.1) is 0 Å². The topological polar surface area (TPSA) is 51.8 Å². The summed E-state index contributed by atoms with van der Waals surface area (Å²) in [6, 6.07) is 16.2. The Labute approximate surface area is 184 Å². The van der Waals surface area contributed by atoms with Crippen molar-refractivity contribution in [2.24, 2.45) is 0 Å². The van der Waals surface area contributed by atoms with Crippen LogP contribution in [-0.4, -0.2) is 9.97 Å². The quantitative estimate of drug-likeness (QED) is 0.333. The lowest BCUT2D eigenvalue weighted by Crippen LogP contribution is -2.09. The molecule has 0 aliphatic carbocycles. The molecule has 2 heterocycles. The van der Waals surface area contributed by atoms with Crippen LogP contribution in [0.5, 0.6) is 0 Å². The second kappa shape index (κ2) is 8.23. The largest absolute Gasteiger partial charge is 0.433 e. The Bertz CT molecular complexity index is 1280.